The zero-order valence-corrected chi connectivity index (χ0v) is 15.2. The van der Waals surface area contributed by atoms with Crippen molar-refractivity contribution in [2.45, 2.75) is 18.3 Å². The van der Waals surface area contributed by atoms with Gasteiger partial charge in [0.1, 0.15) is 11.9 Å². The second-order valence-electron chi connectivity index (χ2n) is 7.04. The van der Waals surface area contributed by atoms with Gasteiger partial charge in [-0.3, -0.25) is 9.63 Å². The number of benzene rings is 2. The van der Waals surface area contributed by atoms with Crippen LogP contribution in [0.1, 0.15) is 27.5 Å². The lowest BCUT2D eigenvalue weighted by Gasteiger charge is -2.24. The third kappa shape index (κ3) is 4.04. The number of alkyl halides is 3. The molecule has 0 aromatic heterocycles. The van der Waals surface area contributed by atoms with Gasteiger partial charge in [0.05, 0.1) is 12.1 Å². The van der Waals surface area contributed by atoms with Crippen LogP contribution in [0.2, 0.25) is 0 Å². The Morgan fingerprint density at radius 2 is 1.90 bits per heavy atom. The Kier molecular flexibility index (Phi) is 5.14. The molecule has 2 aliphatic rings. The van der Waals surface area contributed by atoms with Crippen LogP contribution in [0.5, 0.6) is 0 Å². The van der Waals surface area contributed by atoms with E-state index in [9.17, 15) is 22.4 Å². The van der Waals surface area contributed by atoms with Crippen molar-refractivity contribution in [1.29, 1.82) is 0 Å². The number of carbonyl (C=O) groups excluding carboxylic acids is 1. The smallest absolute Gasteiger partial charge is 0.306 e. The Balaban J connectivity index is 1.57. The molecule has 2 aliphatic heterocycles. The largest absolute Gasteiger partial charge is 0.416 e. The zero-order valence-electron chi connectivity index (χ0n) is 15.2. The number of fused-ring (bicyclic) bond motifs is 1. The molecule has 0 spiro atoms. The van der Waals surface area contributed by atoms with E-state index in [4.69, 9.17) is 4.84 Å². The highest BCUT2D eigenvalue weighted by Crippen LogP contribution is 2.36. The third-order valence-electron chi connectivity index (χ3n) is 5.15. The van der Waals surface area contributed by atoms with E-state index < -0.39 is 23.8 Å². The van der Waals surface area contributed by atoms with Crippen molar-refractivity contribution < 1.29 is 27.2 Å². The minimum Gasteiger partial charge on any atom is -0.306 e. The van der Waals surface area contributed by atoms with Crippen molar-refractivity contribution in [2.24, 2.45) is 5.92 Å². The Labute approximate surface area is 164 Å². The average molecular weight is 406 g/mol. The summed E-state index contributed by atoms with van der Waals surface area (Å²) in [6.07, 6.45) is -1.25. The molecule has 2 aromatic rings. The molecule has 1 amide bonds. The first-order valence-corrected chi connectivity index (χ1v) is 9.14. The molecular formula is C21H18F4N2O2. The maximum atomic E-state index is 13.3. The van der Waals surface area contributed by atoms with Gasteiger partial charge in [-0.1, -0.05) is 30.4 Å². The van der Waals surface area contributed by atoms with Crippen molar-refractivity contribution >= 4 is 5.91 Å². The molecule has 0 bridgehead atoms. The quantitative estimate of drug-likeness (QED) is 0.603. The average Bonchev–Trinajstić information content (AvgIpc) is 3.02. The monoisotopic (exact) mass is 406 g/mol. The SMILES string of the molecule is O=C(c1cccc(C(F)(F)F)c1)N1CC2C(C=CCNC2c2ccc(F)cc2)O1. The number of amides is 1. The number of hydrogen-bond donors (Lipinski definition) is 1. The molecule has 0 saturated carbocycles. The molecule has 3 atom stereocenters. The lowest BCUT2D eigenvalue weighted by Crippen LogP contribution is -2.33. The second-order valence-corrected chi connectivity index (χ2v) is 7.04. The van der Waals surface area contributed by atoms with Gasteiger partial charge in [-0.2, -0.15) is 13.2 Å². The van der Waals surface area contributed by atoms with E-state index in [1.54, 1.807) is 12.1 Å². The molecule has 2 heterocycles. The summed E-state index contributed by atoms with van der Waals surface area (Å²) >= 11 is 0. The van der Waals surface area contributed by atoms with Gasteiger partial charge in [-0.15, -0.1) is 0 Å². The summed E-state index contributed by atoms with van der Waals surface area (Å²) in [6, 6.07) is 10.2. The van der Waals surface area contributed by atoms with Gasteiger partial charge in [-0.05, 0) is 35.9 Å². The Morgan fingerprint density at radius 1 is 1.14 bits per heavy atom. The maximum Gasteiger partial charge on any atom is 0.416 e. The van der Waals surface area contributed by atoms with Gasteiger partial charge in [0, 0.05) is 24.1 Å². The highest BCUT2D eigenvalue weighted by atomic mass is 19.4. The van der Waals surface area contributed by atoms with E-state index >= 15 is 0 Å². The summed E-state index contributed by atoms with van der Waals surface area (Å²) in [4.78, 5) is 18.5. The summed E-state index contributed by atoms with van der Waals surface area (Å²) in [5, 5.41) is 4.45. The second kappa shape index (κ2) is 7.61. The van der Waals surface area contributed by atoms with Gasteiger partial charge in [0.25, 0.3) is 5.91 Å². The van der Waals surface area contributed by atoms with Crippen LogP contribution < -0.4 is 5.32 Å². The van der Waals surface area contributed by atoms with Gasteiger partial charge >= 0.3 is 6.18 Å². The highest BCUT2D eigenvalue weighted by molar-refractivity contribution is 5.93. The fourth-order valence-corrected chi connectivity index (χ4v) is 3.72. The number of carbonyl (C=O) groups is 1. The number of rotatable bonds is 2. The fourth-order valence-electron chi connectivity index (χ4n) is 3.72. The minimum atomic E-state index is -4.53. The van der Waals surface area contributed by atoms with Crippen LogP contribution in [0.25, 0.3) is 0 Å². The summed E-state index contributed by atoms with van der Waals surface area (Å²) in [6.45, 7) is 0.777. The van der Waals surface area contributed by atoms with E-state index in [0.29, 0.717) is 6.54 Å². The molecule has 1 saturated heterocycles. The Hall–Kier alpha value is -2.71. The van der Waals surface area contributed by atoms with Crippen LogP contribution in [0.15, 0.2) is 60.7 Å². The Bertz CT molecular complexity index is 927. The predicted molar refractivity (Wildman–Crippen MR) is 97.1 cm³/mol. The van der Waals surface area contributed by atoms with Crippen LogP contribution in [0.4, 0.5) is 17.6 Å². The maximum absolute atomic E-state index is 13.3. The van der Waals surface area contributed by atoms with Gasteiger partial charge in [0.2, 0.25) is 0 Å². The molecule has 3 unspecified atom stereocenters. The molecule has 152 valence electrons. The molecule has 0 aliphatic carbocycles. The standard InChI is InChI=1S/C21H18F4N2O2/c22-16-8-6-13(7-9-16)19-17-12-27(29-18(17)5-2-10-26-19)20(28)14-3-1-4-15(11-14)21(23,24)25/h1-9,11,17-19,26H,10,12H2. The van der Waals surface area contributed by atoms with Gasteiger partial charge in [0.15, 0.2) is 0 Å². The molecule has 1 fully saturated rings. The van der Waals surface area contributed by atoms with E-state index in [1.807, 2.05) is 12.2 Å². The number of hydroxylamine groups is 2. The first-order chi connectivity index (χ1) is 13.8. The lowest BCUT2D eigenvalue weighted by atomic mass is 9.89. The summed E-state index contributed by atoms with van der Waals surface area (Å²) < 4.78 is 52.2. The molecule has 4 nitrogen and oxygen atoms in total. The molecule has 1 N–H and O–H groups in total. The molecule has 29 heavy (non-hydrogen) atoms. The topological polar surface area (TPSA) is 41.6 Å². The number of nitrogens with one attached hydrogen (secondary N) is 1. The summed E-state index contributed by atoms with van der Waals surface area (Å²) in [5.41, 5.74) is -0.129. The van der Waals surface area contributed by atoms with Gasteiger partial charge < -0.3 is 5.32 Å². The zero-order chi connectivity index (χ0) is 20.6. The van der Waals surface area contributed by atoms with Crippen LogP contribution in [-0.2, 0) is 11.0 Å². The highest BCUT2D eigenvalue weighted by Gasteiger charge is 2.42. The number of halogens is 4. The van der Waals surface area contributed by atoms with Crippen LogP contribution >= 0.6 is 0 Å². The van der Waals surface area contributed by atoms with Crippen molar-refractivity contribution in [3.8, 4) is 0 Å². The van der Waals surface area contributed by atoms with Crippen molar-refractivity contribution in [3.63, 3.8) is 0 Å². The predicted octanol–water partition coefficient (Wildman–Crippen LogP) is 4.12. The van der Waals surface area contributed by atoms with E-state index in [-0.39, 0.29) is 29.9 Å². The van der Waals surface area contributed by atoms with Gasteiger partial charge in [-0.25, -0.2) is 9.45 Å². The molecule has 8 heteroatoms. The Morgan fingerprint density at radius 3 is 2.62 bits per heavy atom. The molecule has 0 radical (unpaired) electrons. The molecule has 4 rings (SSSR count). The number of nitrogens with zero attached hydrogens (tertiary/aromatic N) is 1. The van der Waals surface area contributed by atoms with Crippen molar-refractivity contribution in [3.05, 3.63) is 83.2 Å². The van der Waals surface area contributed by atoms with Crippen LogP contribution in [0, 0.1) is 11.7 Å². The first-order valence-electron chi connectivity index (χ1n) is 9.14. The first kappa shape index (κ1) is 19.6. The van der Waals surface area contributed by atoms with E-state index in [1.165, 1.54) is 24.3 Å². The third-order valence-corrected chi connectivity index (χ3v) is 5.15. The summed E-state index contributed by atoms with van der Waals surface area (Å²) in [7, 11) is 0. The molecule has 2 aromatic carbocycles. The van der Waals surface area contributed by atoms with Crippen LogP contribution in [0.3, 0.4) is 0 Å². The van der Waals surface area contributed by atoms with Crippen molar-refractivity contribution in [1.82, 2.24) is 10.4 Å². The normalized spacial score (nSPS) is 24.3. The van der Waals surface area contributed by atoms with Crippen LogP contribution in [-0.4, -0.2) is 30.2 Å². The molecular weight excluding hydrogens is 388 g/mol. The van der Waals surface area contributed by atoms with E-state index in [0.717, 1.165) is 22.8 Å². The van der Waals surface area contributed by atoms with E-state index in [2.05, 4.69) is 5.32 Å². The lowest BCUT2D eigenvalue weighted by molar-refractivity contribution is -0.137. The minimum absolute atomic E-state index is 0.0912. The fraction of sp³-hybridized carbons (Fsp3) is 0.286. The van der Waals surface area contributed by atoms with Crippen molar-refractivity contribution in [2.75, 3.05) is 13.1 Å². The summed E-state index contributed by atoms with van der Waals surface area (Å²) in [5.74, 6) is -1.15. The number of hydrogen-bond acceptors (Lipinski definition) is 3.